The van der Waals surface area contributed by atoms with Crippen LogP contribution in [0.25, 0.3) is 33.2 Å². The zero-order valence-electron chi connectivity index (χ0n) is 21.5. The van der Waals surface area contributed by atoms with Gasteiger partial charge in [0.05, 0.1) is 19.0 Å². The number of benzene rings is 3. The van der Waals surface area contributed by atoms with Crippen molar-refractivity contribution in [1.82, 2.24) is 4.57 Å². The van der Waals surface area contributed by atoms with E-state index in [1.54, 1.807) is 10.6 Å². The lowest BCUT2D eigenvalue weighted by Crippen LogP contribution is -2.26. The summed E-state index contributed by atoms with van der Waals surface area (Å²) in [4.78, 5) is 39.8. The maximum Gasteiger partial charge on any atom is 0.306 e. The summed E-state index contributed by atoms with van der Waals surface area (Å²) >= 11 is 0. The molecule has 0 saturated heterocycles. The normalized spacial score (nSPS) is 13.1. The fourth-order valence-corrected chi connectivity index (χ4v) is 5.60. The minimum absolute atomic E-state index is 0.0124. The van der Waals surface area contributed by atoms with Crippen LogP contribution in [-0.2, 0) is 22.5 Å². The van der Waals surface area contributed by atoms with E-state index < -0.39 is 74.8 Å². The number of ether oxygens (including phenoxy) is 1. The van der Waals surface area contributed by atoms with Crippen LogP contribution in [0.2, 0.25) is 0 Å². The number of pyridine rings is 1. The largest absolute Gasteiger partial charge is 0.507 e. The summed E-state index contributed by atoms with van der Waals surface area (Å²) in [5.74, 6) is -5.59. The summed E-state index contributed by atoms with van der Waals surface area (Å²) in [5.41, 5.74) is -0.171. The quantitative estimate of drug-likeness (QED) is 0.158. The van der Waals surface area contributed by atoms with E-state index in [0.29, 0.717) is 13.0 Å². The van der Waals surface area contributed by atoms with Gasteiger partial charge in [-0.2, -0.15) is 0 Å². The number of nitrogens with zero attached hydrogens (tertiary/aromatic N) is 1. The van der Waals surface area contributed by atoms with Crippen LogP contribution in [0.5, 0.6) is 28.7 Å². The van der Waals surface area contributed by atoms with Crippen molar-refractivity contribution in [3.8, 4) is 40.1 Å². The zero-order chi connectivity index (χ0) is 29.2. The Morgan fingerprint density at radius 3 is 2.49 bits per heavy atom. The molecule has 6 rings (SSSR count). The van der Waals surface area contributed by atoms with Crippen molar-refractivity contribution in [3.05, 3.63) is 85.8 Å². The number of fused-ring (bicyclic) bond motifs is 1. The third-order valence-electron chi connectivity index (χ3n) is 7.53. The van der Waals surface area contributed by atoms with Gasteiger partial charge in [0, 0.05) is 35.2 Å². The number of hydrogen-bond acceptors (Lipinski definition) is 10. The molecule has 3 heterocycles. The third kappa shape index (κ3) is 3.93. The Morgan fingerprint density at radius 1 is 0.976 bits per heavy atom. The predicted molar refractivity (Wildman–Crippen MR) is 147 cm³/mol. The molecule has 5 aromatic rings. The van der Waals surface area contributed by atoms with Crippen LogP contribution >= 0.6 is 0 Å². The van der Waals surface area contributed by atoms with Crippen molar-refractivity contribution in [3.63, 3.8) is 0 Å². The second-order valence-corrected chi connectivity index (χ2v) is 9.84. The number of rotatable bonds is 5. The van der Waals surface area contributed by atoms with Gasteiger partial charge in [0.15, 0.2) is 17.3 Å². The maximum atomic E-state index is 13.8. The summed E-state index contributed by atoms with van der Waals surface area (Å²) in [6.45, 7) is 0.410. The number of phenolic OH excluding ortho intramolecular Hbond substituents is 4. The summed E-state index contributed by atoms with van der Waals surface area (Å²) in [6, 6.07) is 11.5. The standard InChI is InChI=1S/C30H23NO10/c1-40-22(36)11-16(17-9-14-4-2-3-13-7-8-31(25(13)14)30(17)39)23-20(34)12-21(35)24-26(37)27(38)28(41-29(23)24)15-5-6-18(32)19(33)10-15/h2-6,9-10,12,16,32-35,38H,7-8,11H2,1H3. The molecule has 0 saturated carbocycles. The Labute approximate surface area is 230 Å². The molecule has 2 aromatic heterocycles. The lowest BCUT2D eigenvalue weighted by molar-refractivity contribution is -0.140. The second kappa shape index (κ2) is 9.33. The lowest BCUT2D eigenvalue weighted by Gasteiger charge is -2.21. The molecular weight excluding hydrogens is 534 g/mol. The van der Waals surface area contributed by atoms with Crippen LogP contribution < -0.4 is 11.0 Å². The van der Waals surface area contributed by atoms with Gasteiger partial charge < -0.3 is 39.3 Å². The maximum absolute atomic E-state index is 13.8. The summed E-state index contributed by atoms with van der Waals surface area (Å²) in [7, 11) is 1.17. The Balaban J connectivity index is 1.70. The van der Waals surface area contributed by atoms with Gasteiger partial charge in [-0.1, -0.05) is 18.2 Å². The van der Waals surface area contributed by atoms with Crippen LogP contribution in [0.4, 0.5) is 0 Å². The molecule has 1 aliphatic rings. The fraction of sp³-hybridized carbons (Fsp3) is 0.167. The van der Waals surface area contributed by atoms with Crippen LogP contribution in [0.1, 0.15) is 29.0 Å². The number of carbonyl (C=O) groups is 1. The first-order chi connectivity index (χ1) is 19.6. The predicted octanol–water partition coefficient (Wildman–Crippen LogP) is 3.55. The van der Waals surface area contributed by atoms with Crippen molar-refractivity contribution in [2.45, 2.75) is 25.3 Å². The second-order valence-electron chi connectivity index (χ2n) is 9.84. The number of hydrogen-bond donors (Lipinski definition) is 5. The first-order valence-corrected chi connectivity index (χ1v) is 12.6. The van der Waals surface area contributed by atoms with Crippen molar-refractivity contribution < 1.29 is 39.5 Å². The average molecular weight is 558 g/mol. The topological polar surface area (TPSA) is 180 Å². The number of methoxy groups -OCH3 is 1. The molecule has 11 heteroatoms. The van der Waals surface area contributed by atoms with E-state index in [4.69, 9.17) is 9.15 Å². The van der Waals surface area contributed by atoms with E-state index in [1.807, 2.05) is 18.2 Å². The molecule has 5 N–H and O–H groups in total. The Morgan fingerprint density at radius 2 is 1.76 bits per heavy atom. The van der Waals surface area contributed by atoms with E-state index in [2.05, 4.69) is 0 Å². The van der Waals surface area contributed by atoms with Crippen molar-refractivity contribution >= 4 is 27.8 Å². The number of carbonyl (C=O) groups excluding carboxylic acids is 1. The molecule has 0 fully saturated rings. The van der Waals surface area contributed by atoms with Gasteiger partial charge >= 0.3 is 5.97 Å². The number of esters is 1. The first-order valence-electron chi connectivity index (χ1n) is 12.6. The fourth-order valence-electron chi connectivity index (χ4n) is 5.60. The minimum Gasteiger partial charge on any atom is -0.507 e. The molecule has 208 valence electrons. The summed E-state index contributed by atoms with van der Waals surface area (Å²) in [5, 5.41) is 52.4. The molecule has 3 aromatic carbocycles. The lowest BCUT2D eigenvalue weighted by atomic mass is 9.86. The van der Waals surface area contributed by atoms with Crippen LogP contribution in [0.15, 0.2) is 62.5 Å². The average Bonchev–Trinajstić information content (AvgIpc) is 3.39. The number of aryl methyl sites for hydroxylation is 2. The molecule has 0 aliphatic carbocycles. The molecule has 1 unspecified atom stereocenters. The van der Waals surface area contributed by atoms with Gasteiger partial charge in [-0.05, 0) is 41.6 Å². The zero-order valence-corrected chi connectivity index (χ0v) is 21.5. The SMILES string of the molecule is COC(=O)CC(c1cc2cccc3c2n(c1=O)CC3)c1c(O)cc(O)c2c(=O)c(O)c(-c3ccc(O)c(O)c3)oc12. The van der Waals surface area contributed by atoms with E-state index in [-0.39, 0.29) is 16.7 Å². The van der Waals surface area contributed by atoms with Gasteiger partial charge in [-0.3, -0.25) is 14.4 Å². The molecule has 0 radical (unpaired) electrons. The summed E-state index contributed by atoms with van der Waals surface area (Å²) < 4.78 is 12.4. The van der Waals surface area contributed by atoms with Gasteiger partial charge in [0.25, 0.3) is 5.56 Å². The van der Waals surface area contributed by atoms with E-state index in [0.717, 1.165) is 34.7 Å². The molecule has 0 bridgehead atoms. The molecular formula is C30H23NO10. The molecule has 0 amide bonds. The smallest absolute Gasteiger partial charge is 0.306 e. The molecule has 11 nitrogen and oxygen atoms in total. The highest BCUT2D eigenvalue weighted by Gasteiger charge is 2.32. The number of aromatic nitrogens is 1. The minimum atomic E-state index is -1.20. The number of para-hydroxylation sites is 1. The van der Waals surface area contributed by atoms with E-state index in [9.17, 15) is 39.9 Å². The first kappa shape index (κ1) is 25.8. The highest BCUT2D eigenvalue weighted by molar-refractivity contribution is 5.93. The Kier molecular flexibility index (Phi) is 5.88. The van der Waals surface area contributed by atoms with Gasteiger partial charge in [0.2, 0.25) is 11.2 Å². The van der Waals surface area contributed by atoms with Crippen molar-refractivity contribution in [2.75, 3.05) is 7.11 Å². The number of aromatic hydroxyl groups is 5. The van der Waals surface area contributed by atoms with Crippen LogP contribution in [0, 0.1) is 0 Å². The number of phenols is 4. The summed E-state index contributed by atoms with van der Waals surface area (Å²) in [6.07, 6.45) is 0.201. The third-order valence-corrected chi connectivity index (χ3v) is 7.53. The van der Waals surface area contributed by atoms with Gasteiger partial charge in [0.1, 0.15) is 22.5 Å². The van der Waals surface area contributed by atoms with E-state index in [1.165, 1.54) is 13.2 Å². The molecule has 1 atom stereocenters. The molecule has 41 heavy (non-hydrogen) atoms. The van der Waals surface area contributed by atoms with Gasteiger partial charge in [-0.25, -0.2) is 0 Å². The molecule has 0 spiro atoms. The van der Waals surface area contributed by atoms with Crippen LogP contribution in [-0.4, -0.2) is 43.2 Å². The van der Waals surface area contributed by atoms with Crippen molar-refractivity contribution in [1.29, 1.82) is 0 Å². The monoisotopic (exact) mass is 557 g/mol. The highest BCUT2D eigenvalue weighted by atomic mass is 16.5. The van der Waals surface area contributed by atoms with Gasteiger partial charge in [-0.15, -0.1) is 0 Å². The Hall–Kier alpha value is -5.45. The highest BCUT2D eigenvalue weighted by Crippen LogP contribution is 2.45. The van der Waals surface area contributed by atoms with Crippen LogP contribution in [0.3, 0.4) is 0 Å². The van der Waals surface area contributed by atoms with Crippen molar-refractivity contribution in [2.24, 2.45) is 0 Å². The Bertz CT molecular complexity index is 2040. The molecule has 1 aliphatic heterocycles. The van der Waals surface area contributed by atoms with E-state index >= 15 is 0 Å².